The van der Waals surface area contributed by atoms with Crippen LogP contribution in [0.1, 0.15) is 528 Å². The first-order valence-corrected chi connectivity index (χ1v) is 45.6. The number of unbranched alkanes of at least 4 members (excludes halogenated alkanes) is 74. The van der Waals surface area contributed by atoms with Crippen molar-refractivity contribution >= 4 is 11.9 Å². The van der Waals surface area contributed by atoms with Crippen molar-refractivity contribution in [1.29, 1.82) is 0 Å². The summed E-state index contributed by atoms with van der Waals surface area (Å²) >= 11 is 0. The van der Waals surface area contributed by atoms with Gasteiger partial charge < -0.3 is 20.3 Å². The molecular weight excluding hydrogens is 1200 g/mol. The van der Waals surface area contributed by atoms with Gasteiger partial charge in [-0.15, -0.1) is 0 Å². The van der Waals surface area contributed by atoms with E-state index in [1.807, 2.05) is 6.08 Å². The molecule has 0 fully saturated rings. The Morgan fingerprint density at radius 2 is 0.480 bits per heavy atom. The van der Waals surface area contributed by atoms with Crippen molar-refractivity contribution in [2.45, 2.75) is 540 Å². The smallest absolute Gasteiger partial charge is 0.305 e. The van der Waals surface area contributed by atoms with Gasteiger partial charge in [-0.1, -0.05) is 481 Å². The van der Waals surface area contributed by atoms with Gasteiger partial charge >= 0.3 is 5.97 Å². The fourth-order valence-corrected chi connectivity index (χ4v) is 14.8. The number of aliphatic hydroxyl groups is 2. The van der Waals surface area contributed by atoms with Crippen molar-refractivity contribution in [2.24, 2.45) is 0 Å². The Bertz CT molecular complexity index is 1550. The number of carbonyl (C=O) groups is 2. The highest BCUT2D eigenvalue weighted by Gasteiger charge is 2.18. The average molecular weight is 1380 g/mol. The van der Waals surface area contributed by atoms with Crippen LogP contribution in [0.3, 0.4) is 0 Å². The SMILES string of the molecule is CCCCCCCCCCCCCCCCCCCCCCCCC/C=C/C(O)C(CO)NC(=O)CCCCCCCCCCCCCCCCCCC/C=C\CCCCCCCCCCCCCCCCCCOC(=O)CCCCCCCCCCCCCCCCCCCCC. The molecule has 6 heteroatoms. The maximum atomic E-state index is 12.6. The van der Waals surface area contributed by atoms with Crippen LogP contribution in [0, 0.1) is 0 Å². The van der Waals surface area contributed by atoms with Crippen LogP contribution in [-0.4, -0.2) is 47.4 Å². The summed E-state index contributed by atoms with van der Waals surface area (Å²) in [6, 6.07) is -0.626. The summed E-state index contributed by atoms with van der Waals surface area (Å²) < 4.78 is 5.53. The number of carbonyl (C=O) groups excluding carboxylic acids is 2. The molecule has 0 aromatic rings. The van der Waals surface area contributed by atoms with Crippen molar-refractivity contribution in [2.75, 3.05) is 13.2 Å². The molecule has 0 aliphatic carbocycles. The van der Waals surface area contributed by atoms with E-state index in [4.69, 9.17) is 4.74 Å². The lowest BCUT2D eigenvalue weighted by atomic mass is 10.0. The molecule has 0 saturated heterocycles. The van der Waals surface area contributed by atoms with Gasteiger partial charge in [-0.3, -0.25) is 9.59 Å². The minimum Gasteiger partial charge on any atom is -0.466 e. The van der Waals surface area contributed by atoms with Crippen molar-refractivity contribution in [3.8, 4) is 0 Å². The highest BCUT2D eigenvalue weighted by atomic mass is 16.5. The predicted molar refractivity (Wildman–Crippen MR) is 435 cm³/mol. The highest BCUT2D eigenvalue weighted by Crippen LogP contribution is 2.21. The quantitative estimate of drug-likeness (QED) is 0.0320. The van der Waals surface area contributed by atoms with E-state index >= 15 is 0 Å². The molecule has 0 spiro atoms. The van der Waals surface area contributed by atoms with E-state index in [0.29, 0.717) is 19.4 Å². The van der Waals surface area contributed by atoms with E-state index < -0.39 is 12.1 Å². The summed E-state index contributed by atoms with van der Waals surface area (Å²) in [5.74, 6) is -0.0303. The van der Waals surface area contributed by atoms with Crippen molar-refractivity contribution in [3.63, 3.8) is 0 Å². The van der Waals surface area contributed by atoms with Crippen molar-refractivity contribution in [1.82, 2.24) is 5.32 Å². The molecule has 98 heavy (non-hydrogen) atoms. The topological polar surface area (TPSA) is 95.9 Å². The van der Waals surface area contributed by atoms with Gasteiger partial charge in [0.05, 0.1) is 25.4 Å². The van der Waals surface area contributed by atoms with E-state index in [2.05, 4.69) is 31.3 Å². The summed E-state index contributed by atoms with van der Waals surface area (Å²) in [6.45, 7) is 4.98. The van der Waals surface area contributed by atoms with Gasteiger partial charge in [0.2, 0.25) is 5.91 Å². The van der Waals surface area contributed by atoms with Gasteiger partial charge in [-0.2, -0.15) is 0 Å². The Kier molecular flexibility index (Phi) is 86.3. The van der Waals surface area contributed by atoms with Crippen LogP contribution in [-0.2, 0) is 14.3 Å². The fraction of sp³-hybridized carbons (Fsp3) is 0.935. The number of hydrogen-bond acceptors (Lipinski definition) is 5. The normalized spacial score (nSPS) is 12.5. The summed E-state index contributed by atoms with van der Waals surface area (Å²) in [5.41, 5.74) is 0. The maximum Gasteiger partial charge on any atom is 0.305 e. The third-order valence-electron chi connectivity index (χ3n) is 21.7. The maximum absolute atomic E-state index is 12.6. The molecule has 3 N–H and O–H groups in total. The number of ether oxygens (including phenoxy) is 1. The molecule has 582 valence electrons. The van der Waals surface area contributed by atoms with Crippen LogP contribution in [0.4, 0.5) is 0 Å². The number of rotatable bonds is 87. The zero-order valence-corrected chi connectivity index (χ0v) is 67.1. The Hall–Kier alpha value is -1.66. The van der Waals surface area contributed by atoms with Crippen LogP contribution in [0.5, 0.6) is 0 Å². The first-order chi connectivity index (χ1) is 48.5. The molecule has 0 aliphatic rings. The van der Waals surface area contributed by atoms with Gasteiger partial charge in [0.1, 0.15) is 0 Å². The first-order valence-electron chi connectivity index (χ1n) is 45.6. The first kappa shape index (κ1) is 96.3. The van der Waals surface area contributed by atoms with E-state index in [1.54, 1.807) is 6.08 Å². The molecule has 0 aromatic heterocycles. The number of nitrogens with one attached hydrogen (secondary N) is 1. The fourth-order valence-electron chi connectivity index (χ4n) is 14.8. The minimum atomic E-state index is -0.843. The number of hydrogen-bond donors (Lipinski definition) is 3. The van der Waals surface area contributed by atoms with Gasteiger partial charge in [-0.05, 0) is 57.8 Å². The summed E-state index contributed by atoms with van der Waals surface area (Å²) in [7, 11) is 0. The molecule has 0 saturated carbocycles. The van der Waals surface area contributed by atoms with Crippen molar-refractivity contribution < 1.29 is 24.5 Å². The number of aliphatic hydroxyl groups excluding tert-OH is 2. The highest BCUT2D eigenvalue weighted by molar-refractivity contribution is 5.76. The van der Waals surface area contributed by atoms with Crippen LogP contribution >= 0.6 is 0 Å². The Labute approximate surface area is 615 Å². The molecule has 0 aliphatic heterocycles. The predicted octanol–water partition coefficient (Wildman–Crippen LogP) is 30.7. The molecule has 2 atom stereocenters. The van der Waals surface area contributed by atoms with Crippen molar-refractivity contribution in [3.05, 3.63) is 24.3 Å². The molecule has 1 amide bonds. The second kappa shape index (κ2) is 87.7. The minimum absolute atomic E-state index is 0.0275. The second-order valence-electron chi connectivity index (χ2n) is 31.6. The van der Waals surface area contributed by atoms with Crippen LogP contribution in [0.2, 0.25) is 0 Å². The molecular formula is C92H179NO5. The lowest BCUT2D eigenvalue weighted by Gasteiger charge is -2.20. The third-order valence-corrected chi connectivity index (χ3v) is 21.7. The van der Waals surface area contributed by atoms with E-state index in [1.165, 1.54) is 462 Å². The number of amides is 1. The molecule has 0 bridgehead atoms. The molecule has 0 aromatic carbocycles. The van der Waals surface area contributed by atoms with E-state index in [9.17, 15) is 19.8 Å². The average Bonchev–Trinajstić information content (AvgIpc) is 1.58. The summed E-state index contributed by atoms with van der Waals surface area (Å²) in [4.78, 5) is 24.7. The van der Waals surface area contributed by atoms with Gasteiger partial charge in [0.15, 0.2) is 0 Å². The standard InChI is InChI=1S/C92H179NO5/c1-3-5-7-9-11-13-15-17-19-21-23-24-25-39-42-45-49-52-56-60-64-68-72-76-80-84-90(95)89(88-94)93-91(96)85-81-77-73-69-65-61-57-53-50-46-43-40-37-35-33-31-29-27-26-28-30-32-34-36-38-41-44-47-51-55-59-63-67-71-75-79-83-87-98-92(97)86-82-78-74-70-66-62-58-54-48-22-20-18-16-14-12-10-8-6-4-2/h26,28,80,84,89-90,94-95H,3-25,27,29-79,81-83,85-88H2,1-2H3,(H,93,96)/b28-26-,84-80+. The van der Waals surface area contributed by atoms with Crippen LogP contribution in [0.25, 0.3) is 0 Å². The zero-order valence-electron chi connectivity index (χ0n) is 67.1. The third kappa shape index (κ3) is 83.3. The molecule has 6 nitrogen and oxygen atoms in total. The Morgan fingerprint density at radius 1 is 0.276 bits per heavy atom. The van der Waals surface area contributed by atoms with Crippen LogP contribution in [0.15, 0.2) is 24.3 Å². The lowest BCUT2D eigenvalue weighted by molar-refractivity contribution is -0.143. The molecule has 2 unspecified atom stereocenters. The second-order valence-corrected chi connectivity index (χ2v) is 31.6. The van der Waals surface area contributed by atoms with Crippen LogP contribution < -0.4 is 5.32 Å². The number of allylic oxidation sites excluding steroid dienone is 3. The summed E-state index contributed by atoms with van der Waals surface area (Å²) in [5, 5.41) is 23.4. The number of esters is 1. The Morgan fingerprint density at radius 3 is 0.724 bits per heavy atom. The monoisotopic (exact) mass is 1380 g/mol. The van der Waals surface area contributed by atoms with Gasteiger partial charge in [-0.25, -0.2) is 0 Å². The van der Waals surface area contributed by atoms with Gasteiger partial charge in [0, 0.05) is 12.8 Å². The molecule has 0 radical (unpaired) electrons. The largest absolute Gasteiger partial charge is 0.466 e. The summed E-state index contributed by atoms with van der Waals surface area (Å²) in [6.07, 6.45) is 115. The van der Waals surface area contributed by atoms with E-state index in [-0.39, 0.29) is 18.5 Å². The lowest BCUT2D eigenvalue weighted by Crippen LogP contribution is -2.45. The van der Waals surface area contributed by atoms with Gasteiger partial charge in [0.25, 0.3) is 0 Å². The Balaban J connectivity index is 3.34. The van der Waals surface area contributed by atoms with E-state index in [0.717, 1.165) is 38.5 Å². The molecule has 0 rings (SSSR count). The molecule has 0 heterocycles. The zero-order chi connectivity index (χ0) is 70.5.